The summed E-state index contributed by atoms with van der Waals surface area (Å²) >= 11 is 0. The number of rotatable bonds is 4. The SMILES string of the molecule is CC(=O)c1c(F)cccc1-n1cc[n+](Cc2c(C)cc(C)cc2C)c1.[Cl-]. The van der Waals surface area contributed by atoms with Crippen LogP contribution in [0.5, 0.6) is 0 Å². The largest absolute Gasteiger partial charge is 1.00 e. The van der Waals surface area contributed by atoms with Crippen LogP contribution in [0.25, 0.3) is 5.69 Å². The third kappa shape index (κ3) is 3.86. The second-order valence-corrected chi connectivity index (χ2v) is 6.56. The third-order valence-electron chi connectivity index (χ3n) is 4.49. The number of carbonyl (C=O) groups excluding carboxylic acids is 1. The quantitative estimate of drug-likeness (QED) is 0.497. The fourth-order valence-electron chi connectivity index (χ4n) is 3.35. The van der Waals surface area contributed by atoms with Crippen LogP contribution in [0, 0.1) is 26.6 Å². The van der Waals surface area contributed by atoms with Gasteiger partial charge in [-0.25, -0.2) is 13.5 Å². The molecule has 0 N–H and O–H groups in total. The molecule has 136 valence electrons. The lowest BCUT2D eigenvalue weighted by Gasteiger charge is -2.09. The minimum atomic E-state index is -0.490. The van der Waals surface area contributed by atoms with Crippen molar-refractivity contribution < 1.29 is 26.2 Å². The molecule has 0 radical (unpaired) electrons. The number of ketones is 1. The van der Waals surface area contributed by atoms with Crippen molar-refractivity contribution in [3.63, 3.8) is 0 Å². The van der Waals surface area contributed by atoms with Crippen LogP contribution in [0.4, 0.5) is 4.39 Å². The molecule has 0 amide bonds. The molecule has 3 nitrogen and oxygen atoms in total. The molecule has 0 aliphatic rings. The molecule has 0 unspecified atom stereocenters. The van der Waals surface area contributed by atoms with E-state index >= 15 is 0 Å². The number of aryl methyl sites for hydroxylation is 3. The van der Waals surface area contributed by atoms with Crippen molar-refractivity contribution in [2.24, 2.45) is 0 Å². The molecule has 0 aliphatic heterocycles. The Morgan fingerprint density at radius 2 is 1.81 bits per heavy atom. The molecular formula is C21H22ClFN2O. The molecule has 1 heterocycles. The number of imidazole rings is 1. The molecule has 0 bridgehead atoms. The van der Waals surface area contributed by atoms with E-state index in [9.17, 15) is 9.18 Å². The molecule has 3 rings (SSSR count). The van der Waals surface area contributed by atoms with Crippen LogP contribution in [0.2, 0.25) is 0 Å². The van der Waals surface area contributed by atoms with Gasteiger partial charge in [-0.2, -0.15) is 0 Å². The number of nitrogens with zero attached hydrogens (tertiary/aromatic N) is 2. The van der Waals surface area contributed by atoms with Gasteiger partial charge in [-0.3, -0.25) is 4.79 Å². The topological polar surface area (TPSA) is 25.9 Å². The molecule has 0 fully saturated rings. The van der Waals surface area contributed by atoms with Crippen molar-refractivity contribution in [3.05, 3.63) is 82.7 Å². The molecule has 2 aromatic carbocycles. The number of carbonyl (C=O) groups is 1. The minimum absolute atomic E-state index is 0. The summed E-state index contributed by atoms with van der Waals surface area (Å²) in [4.78, 5) is 11.8. The predicted octanol–water partition coefficient (Wildman–Crippen LogP) is 1.08. The van der Waals surface area contributed by atoms with Gasteiger partial charge >= 0.3 is 0 Å². The molecule has 0 saturated carbocycles. The highest BCUT2D eigenvalue weighted by Gasteiger charge is 2.19. The number of halogens is 2. The van der Waals surface area contributed by atoms with Crippen molar-refractivity contribution in [1.82, 2.24) is 4.57 Å². The summed E-state index contributed by atoms with van der Waals surface area (Å²) in [6, 6.07) is 9.06. The molecule has 0 saturated heterocycles. The Labute approximate surface area is 159 Å². The first kappa shape index (κ1) is 19.9. The summed E-state index contributed by atoms with van der Waals surface area (Å²) in [6.07, 6.45) is 5.67. The molecule has 26 heavy (non-hydrogen) atoms. The Balaban J connectivity index is 0.00000243. The smallest absolute Gasteiger partial charge is 0.249 e. The highest BCUT2D eigenvalue weighted by atomic mass is 35.5. The monoisotopic (exact) mass is 372 g/mol. The maximum absolute atomic E-state index is 14.0. The standard InChI is InChI=1S/C21H22FN2O.ClH/c1-14-10-15(2)18(16(3)11-14)12-23-8-9-24(13-23)20-7-5-6-19(22)21(20)17(4)25;/h5-11,13H,12H2,1-4H3;1H/q+1;/p-1. The number of hydrogen-bond acceptors (Lipinski definition) is 1. The van der Waals surface area contributed by atoms with Crippen LogP contribution in [0.1, 0.15) is 39.5 Å². The summed E-state index contributed by atoms with van der Waals surface area (Å²) in [7, 11) is 0. The lowest BCUT2D eigenvalue weighted by molar-refractivity contribution is -0.687. The lowest BCUT2D eigenvalue weighted by Crippen LogP contribution is -3.00. The first-order valence-electron chi connectivity index (χ1n) is 8.30. The highest BCUT2D eigenvalue weighted by molar-refractivity contribution is 5.97. The average Bonchev–Trinajstić information content (AvgIpc) is 2.98. The number of aromatic nitrogens is 2. The Kier molecular flexibility index (Phi) is 5.98. The summed E-state index contributed by atoms with van der Waals surface area (Å²) < 4.78 is 17.9. The first-order valence-corrected chi connectivity index (χ1v) is 8.30. The number of hydrogen-bond donors (Lipinski definition) is 0. The van der Waals surface area contributed by atoms with E-state index in [0.717, 1.165) is 6.54 Å². The van der Waals surface area contributed by atoms with Gasteiger partial charge in [0.15, 0.2) is 5.78 Å². The zero-order valence-electron chi connectivity index (χ0n) is 15.4. The number of Topliss-reactive ketones (excluding diaryl/α,β-unsaturated/α-hetero) is 1. The van der Waals surface area contributed by atoms with Gasteiger partial charge in [-0.05, 0) is 56.5 Å². The molecule has 0 spiro atoms. The molecule has 1 aromatic heterocycles. The second-order valence-electron chi connectivity index (χ2n) is 6.56. The summed E-state index contributed by atoms with van der Waals surface area (Å²) in [5, 5.41) is 0. The Hall–Kier alpha value is -2.46. The fourth-order valence-corrected chi connectivity index (χ4v) is 3.35. The van der Waals surface area contributed by atoms with Crippen molar-refractivity contribution >= 4 is 5.78 Å². The van der Waals surface area contributed by atoms with Gasteiger partial charge in [-0.1, -0.05) is 23.8 Å². The predicted molar refractivity (Wildman–Crippen MR) is 95.7 cm³/mol. The highest BCUT2D eigenvalue weighted by Crippen LogP contribution is 2.19. The zero-order chi connectivity index (χ0) is 18.1. The van der Waals surface area contributed by atoms with Gasteiger partial charge in [-0.15, -0.1) is 0 Å². The summed E-state index contributed by atoms with van der Waals surface area (Å²) in [5.74, 6) is -0.769. The Morgan fingerprint density at radius 1 is 1.15 bits per heavy atom. The van der Waals surface area contributed by atoms with Crippen LogP contribution in [-0.2, 0) is 6.54 Å². The molecule has 3 aromatic rings. The van der Waals surface area contributed by atoms with Crippen LogP contribution in [-0.4, -0.2) is 10.4 Å². The second kappa shape index (κ2) is 7.83. The van der Waals surface area contributed by atoms with Gasteiger partial charge in [0.1, 0.15) is 36.0 Å². The van der Waals surface area contributed by atoms with Crippen LogP contribution >= 0.6 is 0 Å². The van der Waals surface area contributed by atoms with Crippen molar-refractivity contribution in [1.29, 1.82) is 0 Å². The van der Waals surface area contributed by atoms with E-state index in [-0.39, 0.29) is 23.8 Å². The van der Waals surface area contributed by atoms with E-state index in [1.165, 1.54) is 35.2 Å². The van der Waals surface area contributed by atoms with Gasteiger partial charge in [0, 0.05) is 0 Å². The molecule has 0 aliphatic carbocycles. The van der Waals surface area contributed by atoms with Crippen molar-refractivity contribution in [2.75, 3.05) is 0 Å². The summed E-state index contributed by atoms with van der Waals surface area (Å²) in [6.45, 7) is 8.45. The zero-order valence-corrected chi connectivity index (χ0v) is 16.1. The van der Waals surface area contributed by atoms with Gasteiger partial charge < -0.3 is 12.4 Å². The third-order valence-corrected chi connectivity index (χ3v) is 4.49. The lowest BCUT2D eigenvalue weighted by atomic mass is 10.00. The van der Waals surface area contributed by atoms with Gasteiger partial charge in [0.05, 0.1) is 0 Å². The molecular weight excluding hydrogens is 351 g/mol. The van der Waals surface area contributed by atoms with Crippen LogP contribution in [0.15, 0.2) is 49.1 Å². The van der Waals surface area contributed by atoms with Gasteiger partial charge in [0.25, 0.3) is 0 Å². The Bertz CT molecular complexity index is 939. The van der Waals surface area contributed by atoms with E-state index in [0.29, 0.717) is 5.69 Å². The average molecular weight is 373 g/mol. The van der Waals surface area contributed by atoms with Crippen molar-refractivity contribution in [3.8, 4) is 5.69 Å². The van der Waals surface area contributed by atoms with Crippen LogP contribution in [0.3, 0.4) is 0 Å². The first-order chi connectivity index (χ1) is 11.9. The fraction of sp³-hybridized carbons (Fsp3) is 0.238. The maximum Gasteiger partial charge on any atom is 0.249 e. The van der Waals surface area contributed by atoms with E-state index in [4.69, 9.17) is 0 Å². The maximum atomic E-state index is 14.0. The van der Waals surface area contributed by atoms with E-state index in [2.05, 4.69) is 32.9 Å². The van der Waals surface area contributed by atoms with Crippen LogP contribution < -0.4 is 17.0 Å². The number of benzene rings is 2. The summed E-state index contributed by atoms with van der Waals surface area (Å²) in [5.41, 5.74) is 5.73. The Morgan fingerprint density at radius 3 is 2.42 bits per heavy atom. The normalized spacial score (nSPS) is 10.5. The minimum Gasteiger partial charge on any atom is -1.00 e. The van der Waals surface area contributed by atoms with Gasteiger partial charge in [0.2, 0.25) is 6.33 Å². The van der Waals surface area contributed by atoms with E-state index in [1.807, 2.05) is 23.3 Å². The van der Waals surface area contributed by atoms with E-state index < -0.39 is 5.82 Å². The van der Waals surface area contributed by atoms with E-state index in [1.54, 1.807) is 16.7 Å². The molecule has 0 atom stereocenters. The molecule has 5 heteroatoms. The van der Waals surface area contributed by atoms with Crippen molar-refractivity contribution in [2.45, 2.75) is 34.2 Å².